The molecule has 0 fully saturated rings. The zero-order valence-corrected chi connectivity index (χ0v) is 12.3. The number of fused-ring (bicyclic) bond motifs is 1. The Morgan fingerprint density at radius 2 is 2.00 bits per heavy atom. The molecule has 0 saturated heterocycles. The van der Waals surface area contributed by atoms with E-state index in [4.69, 9.17) is 11.6 Å². The van der Waals surface area contributed by atoms with Crippen molar-refractivity contribution in [3.63, 3.8) is 0 Å². The van der Waals surface area contributed by atoms with Gasteiger partial charge < -0.3 is 10.3 Å². The SMILES string of the molecule is CC(NC(=O)c1ccc2cc[nH]c2c1)c1ccccc1Cl. The lowest BCUT2D eigenvalue weighted by molar-refractivity contribution is 0.0940. The van der Waals surface area contributed by atoms with Gasteiger partial charge in [-0.25, -0.2) is 0 Å². The number of rotatable bonds is 3. The van der Waals surface area contributed by atoms with Gasteiger partial charge in [-0.2, -0.15) is 0 Å². The van der Waals surface area contributed by atoms with Crippen molar-refractivity contribution in [2.45, 2.75) is 13.0 Å². The van der Waals surface area contributed by atoms with Crippen molar-refractivity contribution >= 4 is 28.4 Å². The van der Waals surface area contributed by atoms with Crippen molar-refractivity contribution < 1.29 is 4.79 Å². The molecule has 2 aromatic carbocycles. The minimum atomic E-state index is -0.148. The van der Waals surface area contributed by atoms with E-state index >= 15 is 0 Å². The van der Waals surface area contributed by atoms with Gasteiger partial charge >= 0.3 is 0 Å². The molecule has 3 aromatic rings. The summed E-state index contributed by atoms with van der Waals surface area (Å²) in [6.45, 7) is 1.92. The standard InChI is InChI=1S/C17H15ClN2O/c1-11(14-4-2-3-5-15(14)18)20-17(21)13-7-6-12-8-9-19-16(12)10-13/h2-11,19H,1H3,(H,20,21). The van der Waals surface area contributed by atoms with Gasteiger partial charge in [0.25, 0.3) is 5.91 Å². The summed E-state index contributed by atoms with van der Waals surface area (Å²) in [5.74, 6) is -0.112. The molecule has 0 spiro atoms. The Morgan fingerprint density at radius 3 is 2.81 bits per heavy atom. The van der Waals surface area contributed by atoms with E-state index in [1.165, 1.54) is 0 Å². The fourth-order valence-electron chi connectivity index (χ4n) is 2.37. The summed E-state index contributed by atoms with van der Waals surface area (Å²) < 4.78 is 0. The lowest BCUT2D eigenvalue weighted by Crippen LogP contribution is -2.26. The molecule has 0 aliphatic rings. The summed E-state index contributed by atoms with van der Waals surface area (Å²) in [5, 5.41) is 4.72. The second-order valence-corrected chi connectivity index (χ2v) is 5.40. The molecule has 0 bridgehead atoms. The first-order chi connectivity index (χ1) is 10.1. The highest BCUT2D eigenvalue weighted by Gasteiger charge is 2.14. The molecule has 1 unspecified atom stereocenters. The molecule has 3 rings (SSSR count). The van der Waals surface area contributed by atoms with Gasteiger partial charge in [0.15, 0.2) is 0 Å². The molecule has 106 valence electrons. The zero-order chi connectivity index (χ0) is 14.8. The minimum Gasteiger partial charge on any atom is -0.361 e. The van der Waals surface area contributed by atoms with E-state index in [1.54, 1.807) is 0 Å². The third-order valence-corrected chi connectivity index (χ3v) is 3.88. The lowest BCUT2D eigenvalue weighted by atomic mass is 10.1. The van der Waals surface area contributed by atoms with Gasteiger partial charge in [0.1, 0.15) is 0 Å². The van der Waals surface area contributed by atoms with Crippen LogP contribution < -0.4 is 5.32 Å². The van der Waals surface area contributed by atoms with E-state index < -0.39 is 0 Å². The van der Waals surface area contributed by atoms with Gasteiger partial charge in [-0.05, 0) is 42.1 Å². The molecule has 0 aliphatic carbocycles. The maximum atomic E-state index is 12.3. The maximum Gasteiger partial charge on any atom is 0.251 e. The van der Waals surface area contributed by atoms with Crippen LogP contribution in [0.2, 0.25) is 5.02 Å². The third-order valence-electron chi connectivity index (χ3n) is 3.54. The number of aromatic amines is 1. The lowest BCUT2D eigenvalue weighted by Gasteiger charge is -2.15. The van der Waals surface area contributed by atoms with Crippen molar-refractivity contribution in [1.29, 1.82) is 0 Å². The second-order valence-electron chi connectivity index (χ2n) is 5.00. The molecule has 0 radical (unpaired) electrons. The quantitative estimate of drug-likeness (QED) is 0.743. The van der Waals surface area contributed by atoms with Gasteiger partial charge in [0.05, 0.1) is 6.04 Å². The smallest absolute Gasteiger partial charge is 0.251 e. The first kappa shape index (κ1) is 13.7. The summed E-state index contributed by atoms with van der Waals surface area (Å²) in [4.78, 5) is 15.4. The number of H-pyrrole nitrogens is 1. The maximum absolute atomic E-state index is 12.3. The Kier molecular flexibility index (Phi) is 3.67. The van der Waals surface area contributed by atoms with Crippen LogP contribution >= 0.6 is 11.6 Å². The number of hydrogen-bond donors (Lipinski definition) is 2. The molecule has 0 aliphatic heterocycles. The molecule has 4 heteroatoms. The van der Waals surface area contributed by atoms with Gasteiger partial charge in [-0.3, -0.25) is 4.79 Å². The summed E-state index contributed by atoms with van der Waals surface area (Å²) in [5.41, 5.74) is 2.49. The number of aromatic nitrogens is 1. The normalized spacial score (nSPS) is 12.3. The predicted octanol–water partition coefficient (Wildman–Crippen LogP) is 4.31. The summed E-state index contributed by atoms with van der Waals surface area (Å²) >= 11 is 6.16. The minimum absolute atomic E-state index is 0.112. The fourth-order valence-corrected chi connectivity index (χ4v) is 2.67. The molecule has 0 saturated carbocycles. The Balaban J connectivity index is 1.81. The number of halogens is 1. The van der Waals surface area contributed by atoms with Crippen LogP contribution in [-0.2, 0) is 0 Å². The van der Waals surface area contributed by atoms with Crippen LogP contribution in [0.15, 0.2) is 54.7 Å². The van der Waals surface area contributed by atoms with E-state index in [2.05, 4.69) is 10.3 Å². The van der Waals surface area contributed by atoms with Crippen LogP contribution in [0.1, 0.15) is 28.9 Å². The van der Waals surface area contributed by atoms with Crippen LogP contribution in [0.25, 0.3) is 10.9 Å². The zero-order valence-electron chi connectivity index (χ0n) is 11.6. The Hall–Kier alpha value is -2.26. The van der Waals surface area contributed by atoms with Gasteiger partial charge in [-0.1, -0.05) is 35.9 Å². The van der Waals surface area contributed by atoms with E-state index in [1.807, 2.05) is 61.7 Å². The van der Waals surface area contributed by atoms with Gasteiger partial charge in [0.2, 0.25) is 0 Å². The van der Waals surface area contributed by atoms with E-state index in [0.29, 0.717) is 10.6 Å². The van der Waals surface area contributed by atoms with Crippen LogP contribution in [0.3, 0.4) is 0 Å². The molecule has 1 amide bonds. The monoisotopic (exact) mass is 298 g/mol. The molecule has 21 heavy (non-hydrogen) atoms. The average molecular weight is 299 g/mol. The van der Waals surface area contributed by atoms with E-state index in [-0.39, 0.29) is 11.9 Å². The summed E-state index contributed by atoms with van der Waals surface area (Å²) in [6.07, 6.45) is 1.86. The van der Waals surface area contributed by atoms with Crippen molar-refractivity contribution in [2.75, 3.05) is 0 Å². The highest BCUT2D eigenvalue weighted by Crippen LogP contribution is 2.22. The molecular weight excluding hydrogens is 284 g/mol. The summed E-state index contributed by atoms with van der Waals surface area (Å²) in [7, 11) is 0. The first-order valence-corrected chi connectivity index (χ1v) is 7.15. The Bertz CT molecular complexity index is 794. The number of nitrogens with one attached hydrogen (secondary N) is 2. The Morgan fingerprint density at radius 1 is 1.19 bits per heavy atom. The molecule has 1 atom stereocenters. The number of benzene rings is 2. The van der Waals surface area contributed by atoms with Gasteiger partial charge in [0, 0.05) is 22.3 Å². The van der Waals surface area contributed by atoms with Gasteiger partial charge in [-0.15, -0.1) is 0 Å². The van der Waals surface area contributed by atoms with Crippen LogP contribution in [0.5, 0.6) is 0 Å². The summed E-state index contributed by atoms with van der Waals surface area (Å²) in [6, 6.07) is 15.0. The number of amides is 1. The second kappa shape index (κ2) is 5.62. The topological polar surface area (TPSA) is 44.9 Å². The predicted molar refractivity (Wildman–Crippen MR) is 85.6 cm³/mol. The first-order valence-electron chi connectivity index (χ1n) is 6.77. The largest absolute Gasteiger partial charge is 0.361 e. The third kappa shape index (κ3) is 2.78. The highest BCUT2D eigenvalue weighted by molar-refractivity contribution is 6.31. The molecule has 2 N–H and O–H groups in total. The van der Waals surface area contributed by atoms with E-state index in [9.17, 15) is 4.79 Å². The number of carbonyl (C=O) groups excluding carboxylic acids is 1. The van der Waals surface area contributed by atoms with Crippen molar-refractivity contribution in [1.82, 2.24) is 10.3 Å². The molecule has 1 aromatic heterocycles. The number of carbonyl (C=O) groups is 1. The van der Waals surface area contributed by atoms with Crippen molar-refractivity contribution in [3.8, 4) is 0 Å². The van der Waals surface area contributed by atoms with E-state index in [0.717, 1.165) is 16.5 Å². The average Bonchev–Trinajstić information content (AvgIpc) is 2.94. The Labute approximate surface area is 127 Å². The molecule has 3 nitrogen and oxygen atoms in total. The fraction of sp³-hybridized carbons (Fsp3) is 0.118. The van der Waals surface area contributed by atoms with Crippen LogP contribution in [-0.4, -0.2) is 10.9 Å². The van der Waals surface area contributed by atoms with Crippen LogP contribution in [0, 0.1) is 0 Å². The van der Waals surface area contributed by atoms with Crippen molar-refractivity contribution in [3.05, 3.63) is 70.9 Å². The molecular formula is C17H15ClN2O. The number of hydrogen-bond acceptors (Lipinski definition) is 1. The van der Waals surface area contributed by atoms with Crippen molar-refractivity contribution in [2.24, 2.45) is 0 Å². The molecule has 1 heterocycles. The van der Waals surface area contributed by atoms with Crippen LogP contribution in [0.4, 0.5) is 0 Å². The highest BCUT2D eigenvalue weighted by atomic mass is 35.5.